The Balaban J connectivity index is 3.24. The summed E-state index contributed by atoms with van der Waals surface area (Å²) in [6, 6.07) is 1.88. The molecule has 0 saturated carbocycles. The largest absolute Gasteiger partial charge is 0.397 e. The van der Waals surface area contributed by atoms with E-state index in [1.807, 2.05) is 6.07 Å². The van der Waals surface area contributed by atoms with Gasteiger partial charge < -0.3 is 40.1 Å². The van der Waals surface area contributed by atoms with Crippen molar-refractivity contribution in [1.82, 2.24) is 0 Å². The molecule has 0 aromatic heterocycles. The molecule has 2 aromatic carbocycles. The Morgan fingerprint density at radius 2 is 0.895 bits per heavy atom. The molecule has 98 valence electrons. The zero-order chi connectivity index (χ0) is 14.5. The number of nitrogens with zero attached hydrogens (tertiary/aromatic N) is 1. The van der Waals surface area contributed by atoms with Gasteiger partial charge in [-0.1, -0.05) is 0 Å². The van der Waals surface area contributed by atoms with Crippen LogP contribution in [0.4, 0.5) is 39.8 Å². The van der Waals surface area contributed by atoms with Gasteiger partial charge in [-0.15, -0.1) is 0 Å². The zero-order valence-electron chi connectivity index (χ0n) is 9.99. The van der Waals surface area contributed by atoms with Crippen LogP contribution >= 0.6 is 0 Å². The summed E-state index contributed by atoms with van der Waals surface area (Å²) in [5.41, 5.74) is 41.6. The molecule has 0 aliphatic carbocycles. The van der Waals surface area contributed by atoms with Crippen LogP contribution in [-0.2, 0) is 0 Å². The molecule has 8 nitrogen and oxygen atoms in total. The molecule has 0 aliphatic heterocycles. The normalized spacial score (nSPS) is 10.5. The molecule has 2 aromatic rings. The van der Waals surface area contributed by atoms with Crippen LogP contribution in [-0.4, -0.2) is 0 Å². The number of fused-ring (bicyclic) bond motifs is 1. The minimum atomic E-state index is 0.0419. The van der Waals surface area contributed by atoms with Crippen molar-refractivity contribution in [2.24, 2.45) is 0 Å². The van der Waals surface area contributed by atoms with E-state index in [2.05, 4.69) is 0 Å². The number of nitrogen functional groups attached to an aromatic ring is 7. The Bertz CT molecular complexity index is 756. The molecule has 0 bridgehead atoms. The van der Waals surface area contributed by atoms with Crippen LogP contribution in [0.25, 0.3) is 10.8 Å². The molecular formula is C11H14N8. The Kier molecular flexibility index (Phi) is 2.35. The van der Waals surface area contributed by atoms with Gasteiger partial charge in [-0.05, 0) is 0 Å². The summed E-state index contributed by atoms with van der Waals surface area (Å²) in [6.45, 7) is 0. The molecule has 0 fully saturated rings. The van der Waals surface area contributed by atoms with Crippen LogP contribution in [0.2, 0.25) is 0 Å². The maximum absolute atomic E-state index is 9.07. The zero-order valence-corrected chi connectivity index (χ0v) is 9.99. The molecule has 2 rings (SSSR count). The fraction of sp³-hybridized carbons (Fsp3) is 0. The van der Waals surface area contributed by atoms with E-state index in [-0.39, 0.29) is 45.4 Å². The summed E-state index contributed by atoms with van der Waals surface area (Å²) in [5, 5.41) is 9.69. The molecule has 0 atom stereocenters. The van der Waals surface area contributed by atoms with Crippen LogP contribution in [0, 0.1) is 11.3 Å². The van der Waals surface area contributed by atoms with Crippen LogP contribution in [0.1, 0.15) is 5.56 Å². The van der Waals surface area contributed by atoms with E-state index in [0.29, 0.717) is 10.8 Å². The van der Waals surface area contributed by atoms with Crippen LogP contribution in [0.5, 0.6) is 0 Å². The highest BCUT2D eigenvalue weighted by molar-refractivity contribution is 6.23. The number of hydrogen-bond donors (Lipinski definition) is 7. The molecule has 0 amide bonds. The van der Waals surface area contributed by atoms with Gasteiger partial charge in [-0.2, -0.15) is 5.26 Å². The van der Waals surface area contributed by atoms with Crippen molar-refractivity contribution in [3.63, 3.8) is 0 Å². The molecule has 19 heavy (non-hydrogen) atoms. The maximum Gasteiger partial charge on any atom is 0.104 e. The number of nitriles is 1. The lowest BCUT2D eigenvalue weighted by Gasteiger charge is -2.18. The highest BCUT2D eigenvalue weighted by Gasteiger charge is 2.21. The maximum atomic E-state index is 9.07. The van der Waals surface area contributed by atoms with Crippen molar-refractivity contribution < 1.29 is 0 Å². The summed E-state index contributed by atoms with van der Waals surface area (Å²) >= 11 is 0. The second-order valence-electron chi connectivity index (χ2n) is 4.13. The third kappa shape index (κ3) is 1.32. The van der Waals surface area contributed by atoms with Crippen molar-refractivity contribution in [3.8, 4) is 6.07 Å². The van der Waals surface area contributed by atoms with Gasteiger partial charge >= 0.3 is 0 Å². The molecule has 0 unspecified atom stereocenters. The second-order valence-corrected chi connectivity index (χ2v) is 4.13. The fourth-order valence-electron chi connectivity index (χ4n) is 2.05. The standard InChI is InChI=1S/C11H14N8/c12-1-2-5(13)3-4(7(15)6(2)14)9(17)11(19)10(18)8(3)16/h13-19H2. The number of nitrogens with two attached hydrogens (primary N) is 7. The predicted molar refractivity (Wildman–Crippen MR) is 79.5 cm³/mol. The van der Waals surface area contributed by atoms with Gasteiger partial charge in [-0.25, -0.2) is 0 Å². The van der Waals surface area contributed by atoms with Crippen molar-refractivity contribution in [1.29, 1.82) is 5.26 Å². The quantitative estimate of drug-likeness (QED) is 0.313. The van der Waals surface area contributed by atoms with E-state index in [1.54, 1.807) is 0 Å². The Hall–Kier alpha value is -3.21. The van der Waals surface area contributed by atoms with Crippen molar-refractivity contribution in [3.05, 3.63) is 5.56 Å². The minimum Gasteiger partial charge on any atom is -0.397 e. The topological polar surface area (TPSA) is 206 Å². The molecule has 0 aliphatic rings. The first-order chi connectivity index (χ1) is 8.82. The number of anilines is 7. The summed E-state index contributed by atoms with van der Waals surface area (Å²) in [7, 11) is 0. The molecule has 8 heteroatoms. The van der Waals surface area contributed by atoms with E-state index in [0.717, 1.165) is 0 Å². The first kappa shape index (κ1) is 12.3. The predicted octanol–water partition coefficient (Wildman–Crippen LogP) is -0.213. The van der Waals surface area contributed by atoms with Gasteiger partial charge in [0.25, 0.3) is 0 Å². The SMILES string of the molecule is N#Cc1c(N)c(N)c2c(N)c(N)c(N)c(N)c2c1N. The monoisotopic (exact) mass is 258 g/mol. The average molecular weight is 258 g/mol. The molecule has 0 spiro atoms. The van der Waals surface area contributed by atoms with Gasteiger partial charge in [0.1, 0.15) is 11.6 Å². The molecule has 0 heterocycles. The summed E-state index contributed by atoms with van der Waals surface area (Å²) in [5.74, 6) is 0. The van der Waals surface area contributed by atoms with Gasteiger partial charge in [0.05, 0.1) is 39.8 Å². The molecule has 0 saturated heterocycles. The van der Waals surface area contributed by atoms with E-state index in [9.17, 15) is 0 Å². The number of hydrogen-bond acceptors (Lipinski definition) is 8. The van der Waals surface area contributed by atoms with Gasteiger partial charge in [-0.3, -0.25) is 0 Å². The Labute approximate surface area is 108 Å². The third-order valence-corrected chi connectivity index (χ3v) is 3.14. The van der Waals surface area contributed by atoms with Crippen molar-refractivity contribution in [2.75, 3.05) is 40.1 Å². The molecule has 14 N–H and O–H groups in total. The Morgan fingerprint density at radius 3 is 1.32 bits per heavy atom. The minimum absolute atomic E-state index is 0.0419. The molecule has 0 radical (unpaired) electrons. The smallest absolute Gasteiger partial charge is 0.104 e. The third-order valence-electron chi connectivity index (χ3n) is 3.14. The average Bonchev–Trinajstić information content (AvgIpc) is 2.38. The lowest BCUT2D eigenvalue weighted by Crippen LogP contribution is -2.10. The van der Waals surface area contributed by atoms with Crippen molar-refractivity contribution >= 4 is 50.6 Å². The summed E-state index contributed by atoms with van der Waals surface area (Å²) < 4.78 is 0. The Morgan fingerprint density at radius 1 is 0.526 bits per heavy atom. The number of benzene rings is 2. The lowest BCUT2D eigenvalue weighted by atomic mass is 9.96. The van der Waals surface area contributed by atoms with Gasteiger partial charge in [0.15, 0.2) is 0 Å². The summed E-state index contributed by atoms with van der Waals surface area (Å²) in [6.07, 6.45) is 0. The first-order valence-electron chi connectivity index (χ1n) is 5.24. The van der Waals surface area contributed by atoms with Crippen molar-refractivity contribution in [2.45, 2.75) is 0 Å². The first-order valence-corrected chi connectivity index (χ1v) is 5.24. The van der Waals surface area contributed by atoms with E-state index in [1.165, 1.54) is 0 Å². The van der Waals surface area contributed by atoms with Gasteiger partial charge in [0, 0.05) is 10.8 Å². The molecular weight excluding hydrogens is 244 g/mol. The summed E-state index contributed by atoms with van der Waals surface area (Å²) in [4.78, 5) is 0. The van der Waals surface area contributed by atoms with E-state index in [4.69, 9.17) is 45.4 Å². The lowest BCUT2D eigenvalue weighted by molar-refractivity contribution is 1.49. The van der Waals surface area contributed by atoms with E-state index < -0.39 is 0 Å². The highest BCUT2D eigenvalue weighted by atomic mass is 14.8. The van der Waals surface area contributed by atoms with Gasteiger partial charge in [0.2, 0.25) is 0 Å². The van der Waals surface area contributed by atoms with Crippen LogP contribution < -0.4 is 40.1 Å². The second kappa shape index (κ2) is 3.64. The highest BCUT2D eigenvalue weighted by Crippen LogP contribution is 2.47. The fourth-order valence-corrected chi connectivity index (χ4v) is 2.05. The van der Waals surface area contributed by atoms with E-state index >= 15 is 0 Å². The number of rotatable bonds is 0. The van der Waals surface area contributed by atoms with Crippen LogP contribution in [0.15, 0.2) is 0 Å². The van der Waals surface area contributed by atoms with Crippen LogP contribution in [0.3, 0.4) is 0 Å².